The minimum Gasteiger partial charge on any atom is -0.354 e. The van der Waals surface area contributed by atoms with E-state index in [4.69, 9.17) is 0 Å². The number of guanidine groups is 1. The first kappa shape index (κ1) is 9.30. The Morgan fingerprint density at radius 2 is 2.43 bits per heavy atom. The average molecular weight is 196 g/mol. The number of piperidine rings is 1. The second kappa shape index (κ2) is 3.86. The number of nitrogens with one attached hydrogen (secondary N) is 3. The van der Waals surface area contributed by atoms with Crippen molar-refractivity contribution in [1.82, 2.24) is 16.0 Å². The summed E-state index contributed by atoms with van der Waals surface area (Å²) in [5.74, 6) is 0.847. The molecule has 0 saturated carbocycles. The third kappa shape index (κ3) is 1.97. The van der Waals surface area contributed by atoms with Gasteiger partial charge in [-0.2, -0.15) is 0 Å². The van der Waals surface area contributed by atoms with Gasteiger partial charge in [0.1, 0.15) is 6.04 Å². The van der Waals surface area contributed by atoms with Gasteiger partial charge < -0.3 is 16.0 Å². The maximum atomic E-state index is 11.4. The van der Waals surface area contributed by atoms with Crippen LogP contribution in [0.5, 0.6) is 0 Å². The van der Waals surface area contributed by atoms with Gasteiger partial charge in [-0.15, -0.1) is 0 Å². The fourth-order valence-corrected chi connectivity index (χ4v) is 1.72. The first-order chi connectivity index (χ1) is 6.75. The summed E-state index contributed by atoms with van der Waals surface area (Å²) in [6, 6.07) is 0.268. The highest BCUT2D eigenvalue weighted by Gasteiger charge is 2.24. The molecular formula is C9H16N4O. The average Bonchev–Trinajstić information content (AvgIpc) is 2.56. The van der Waals surface area contributed by atoms with Crippen molar-refractivity contribution in [3.8, 4) is 0 Å². The number of aliphatic imine (C=N–C) groups is 1. The number of rotatable bonds is 1. The Hall–Kier alpha value is -1.26. The molecule has 2 rings (SSSR count). The Morgan fingerprint density at radius 3 is 3.07 bits per heavy atom. The van der Waals surface area contributed by atoms with Crippen LogP contribution < -0.4 is 16.0 Å². The molecule has 2 unspecified atom stereocenters. The number of nitrogens with zero attached hydrogens (tertiary/aromatic N) is 1. The summed E-state index contributed by atoms with van der Waals surface area (Å²) < 4.78 is 0. The highest BCUT2D eigenvalue weighted by Crippen LogP contribution is 2.03. The number of hydrogen-bond acceptors (Lipinski definition) is 4. The molecule has 3 N–H and O–H groups in total. The summed E-state index contributed by atoms with van der Waals surface area (Å²) >= 11 is 0. The predicted molar refractivity (Wildman–Crippen MR) is 54.1 cm³/mol. The van der Waals surface area contributed by atoms with Crippen LogP contribution in [-0.2, 0) is 4.79 Å². The van der Waals surface area contributed by atoms with Crippen molar-refractivity contribution < 1.29 is 4.79 Å². The summed E-state index contributed by atoms with van der Waals surface area (Å²) in [6.45, 7) is 3.66. The first-order valence-electron chi connectivity index (χ1n) is 5.11. The lowest BCUT2D eigenvalue weighted by Gasteiger charge is -2.23. The van der Waals surface area contributed by atoms with Gasteiger partial charge in [0.15, 0.2) is 5.96 Å². The molecule has 5 heteroatoms. The summed E-state index contributed by atoms with van der Waals surface area (Å²) in [7, 11) is 0. The largest absolute Gasteiger partial charge is 0.354 e. The van der Waals surface area contributed by atoms with Crippen LogP contribution >= 0.6 is 0 Å². The van der Waals surface area contributed by atoms with Gasteiger partial charge in [0.2, 0.25) is 5.91 Å². The van der Waals surface area contributed by atoms with E-state index in [1.165, 1.54) is 0 Å². The van der Waals surface area contributed by atoms with E-state index < -0.39 is 0 Å². The van der Waals surface area contributed by atoms with Crippen LogP contribution in [0.2, 0.25) is 0 Å². The van der Waals surface area contributed by atoms with E-state index in [-0.39, 0.29) is 11.9 Å². The molecule has 2 aliphatic heterocycles. The van der Waals surface area contributed by atoms with Crippen molar-refractivity contribution in [3.05, 3.63) is 0 Å². The minimum atomic E-state index is -0.111. The number of carbonyl (C=O) groups excluding carboxylic acids is 1. The summed E-state index contributed by atoms with van der Waals surface area (Å²) in [4.78, 5) is 15.7. The van der Waals surface area contributed by atoms with Gasteiger partial charge in [-0.25, -0.2) is 0 Å². The van der Waals surface area contributed by atoms with Gasteiger partial charge in [0.25, 0.3) is 0 Å². The van der Waals surface area contributed by atoms with Gasteiger partial charge in [0.05, 0.1) is 6.54 Å². The highest BCUT2D eigenvalue weighted by atomic mass is 16.2. The third-order valence-corrected chi connectivity index (χ3v) is 2.50. The van der Waals surface area contributed by atoms with Crippen LogP contribution in [0.1, 0.15) is 19.8 Å². The van der Waals surface area contributed by atoms with Gasteiger partial charge in [-0.3, -0.25) is 9.79 Å². The number of amides is 1. The highest BCUT2D eigenvalue weighted by molar-refractivity contribution is 5.90. The zero-order chi connectivity index (χ0) is 9.97. The maximum absolute atomic E-state index is 11.4. The molecule has 2 atom stereocenters. The van der Waals surface area contributed by atoms with Crippen LogP contribution in [0.15, 0.2) is 4.99 Å². The van der Waals surface area contributed by atoms with Crippen molar-refractivity contribution in [3.63, 3.8) is 0 Å². The van der Waals surface area contributed by atoms with Gasteiger partial charge >= 0.3 is 0 Å². The van der Waals surface area contributed by atoms with E-state index in [0.717, 1.165) is 31.9 Å². The molecule has 0 aliphatic carbocycles. The van der Waals surface area contributed by atoms with E-state index in [9.17, 15) is 4.79 Å². The van der Waals surface area contributed by atoms with E-state index >= 15 is 0 Å². The molecule has 1 fully saturated rings. The standard InChI is InChI=1S/C9H16N4O/c1-6-5-11-9(12-6)13-7-3-2-4-10-8(7)14/h6-7H,2-5H2,1H3,(H,10,14)(H2,11,12,13). The zero-order valence-electron chi connectivity index (χ0n) is 8.34. The van der Waals surface area contributed by atoms with Crippen LogP contribution in [0, 0.1) is 0 Å². The van der Waals surface area contributed by atoms with Crippen molar-refractivity contribution >= 4 is 11.9 Å². The Kier molecular flexibility index (Phi) is 2.56. The van der Waals surface area contributed by atoms with Crippen LogP contribution in [-0.4, -0.2) is 37.0 Å². The Balaban J connectivity index is 1.87. The molecular weight excluding hydrogens is 180 g/mol. The lowest BCUT2D eigenvalue weighted by Crippen LogP contribution is -2.53. The van der Waals surface area contributed by atoms with Crippen molar-refractivity contribution in [2.45, 2.75) is 31.8 Å². The SMILES string of the molecule is CC1CN=C(NC2CCCNC2=O)N1. The minimum absolute atomic E-state index is 0.0836. The van der Waals surface area contributed by atoms with E-state index in [1.807, 2.05) is 0 Å². The van der Waals surface area contributed by atoms with Crippen molar-refractivity contribution in [1.29, 1.82) is 0 Å². The summed E-state index contributed by atoms with van der Waals surface area (Å²) in [6.07, 6.45) is 1.92. The van der Waals surface area contributed by atoms with E-state index in [2.05, 4.69) is 27.9 Å². The van der Waals surface area contributed by atoms with E-state index in [0.29, 0.717) is 6.04 Å². The molecule has 0 aromatic carbocycles. The normalized spacial score (nSPS) is 31.8. The lowest BCUT2D eigenvalue weighted by atomic mass is 10.1. The quantitative estimate of drug-likeness (QED) is 0.514. The number of carbonyl (C=O) groups is 1. The molecule has 0 radical (unpaired) electrons. The Labute approximate surface area is 83.4 Å². The summed E-state index contributed by atoms with van der Waals surface area (Å²) in [5.41, 5.74) is 0. The first-order valence-corrected chi connectivity index (χ1v) is 5.11. The Morgan fingerprint density at radius 1 is 1.57 bits per heavy atom. The van der Waals surface area contributed by atoms with Crippen LogP contribution in [0.3, 0.4) is 0 Å². The smallest absolute Gasteiger partial charge is 0.242 e. The lowest BCUT2D eigenvalue weighted by molar-refractivity contribution is -0.124. The molecule has 0 aromatic heterocycles. The Bertz CT molecular complexity index is 264. The third-order valence-electron chi connectivity index (χ3n) is 2.50. The van der Waals surface area contributed by atoms with E-state index in [1.54, 1.807) is 0 Å². The van der Waals surface area contributed by atoms with Crippen molar-refractivity contribution in [2.75, 3.05) is 13.1 Å². The maximum Gasteiger partial charge on any atom is 0.242 e. The second-order valence-corrected chi connectivity index (χ2v) is 3.86. The monoisotopic (exact) mass is 196 g/mol. The fourth-order valence-electron chi connectivity index (χ4n) is 1.72. The van der Waals surface area contributed by atoms with Crippen LogP contribution in [0.25, 0.3) is 0 Å². The molecule has 1 saturated heterocycles. The molecule has 2 heterocycles. The zero-order valence-corrected chi connectivity index (χ0v) is 8.34. The molecule has 14 heavy (non-hydrogen) atoms. The van der Waals surface area contributed by atoms with Gasteiger partial charge in [0, 0.05) is 12.6 Å². The molecule has 0 bridgehead atoms. The van der Waals surface area contributed by atoms with Gasteiger partial charge in [-0.1, -0.05) is 0 Å². The molecule has 0 spiro atoms. The molecule has 0 aromatic rings. The summed E-state index contributed by atoms with van der Waals surface area (Å²) in [5, 5.41) is 9.14. The van der Waals surface area contributed by atoms with Crippen molar-refractivity contribution in [2.24, 2.45) is 4.99 Å². The predicted octanol–water partition coefficient (Wildman–Crippen LogP) is -0.798. The second-order valence-electron chi connectivity index (χ2n) is 3.86. The van der Waals surface area contributed by atoms with Gasteiger partial charge in [-0.05, 0) is 19.8 Å². The molecule has 5 nitrogen and oxygen atoms in total. The van der Waals surface area contributed by atoms with Crippen LogP contribution in [0.4, 0.5) is 0 Å². The fraction of sp³-hybridized carbons (Fsp3) is 0.778. The molecule has 78 valence electrons. The number of hydrogen-bond donors (Lipinski definition) is 3. The molecule has 2 aliphatic rings. The molecule has 1 amide bonds. The topological polar surface area (TPSA) is 65.5 Å².